The Morgan fingerprint density at radius 1 is 1.63 bits per heavy atom. The second-order valence-corrected chi connectivity index (χ2v) is 5.30. The first-order valence-corrected chi connectivity index (χ1v) is 6.98. The molecule has 1 aliphatic rings. The van der Waals surface area contributed by atoms with E-state index in [9.17, 15) is 4.79 Å². The zero-order chi connectivity index (χ0) is 12.8. The van der Waals surface area contributed by atoms with E-state index in [1.165, 1.54) is 4.88 Å². The Balaban J connectivity index is 0.00000180. The molecule has 2 rings (SSSR count). The van der Waals surface area contributed by atoms with E-state index in [0.717, 1.165) is 12.7 Å². The number of hydrogen-bond donors (Lipinski definition) is 0. The molecule has 1 fully saturated rings. The van der Waals surface area contributed by atoms with Gasteiger partial charge in [-0.15, -0.1) is 10.3 Å². The van der Waals surface area contributed by atoms with E-state index in [1.807, 2.05) is 17.0 Å². The maximum absolute atomic E-state index is 11.7. The van der Waals surface area contributed by atoms with E-state index in [2.05, 4.69) is 5.38 Å². The van der Waals surface area contributed by atoms with Crippen molar-refractivity contribution in [3.63, 3.8) is 0 Å². The van der Waals surface area contributed by atoms with Gasteiger partial charge in [-0.05, 0) is 6.42 Å². The first-order chi connectivity index (χ1) is 8.81. The molecule has 7 heteroatoms. The zero-order valence-electron chi connectivity index (χ0n) is 10.9. The molecule has 0 N–H and O–H groups in total. The number of amides is 1. The number of carbonyl (C=O) groups excluding carboxylic acids is 1. The average Bonchev–Trinajstić information content (AvgIpc) is 2.98. The maximum Gasteiger partial charge on any atom is 0.222 e. The molecule has 3 nitrogen and oxygen atoms in total. The number of hydrogen-bond acceptors (Lipinski definition) is 3. The van der Waals surface area contributed by atoms with Crippen LogP contribution >= 0.6 is 11.3 Å². The fraction of sp³-hybridized carbons (Fsp3) is 0.583. The predicted molar refractivity (Wildman–Crippen MR) is 73.9 cm³/mol. The summed E-state index contributed by atoms with van der Waals surface area (Å²) in [6.45, 7) is 1.92. The topological polar surface area (TPSA) is 29.5 Å². The van der Waals surface area contributed by atoms with Crippen LogP contribution in [0.5, 0.6) is 0 Å². The van der Waals surface area contributed by atoms with Gasteiger partial charge in [0.2, 0.25) is 5.91 Å². The Labute approximate surface area is 146 Å². The van der Waals surface area contributed by atoms with Gasteiger partial charge in [-0.25, -0.2) is 0 Å². The number of carbonyl (C=O) groups is 1. The van der Waals surface area contributed by atoms with Gasteiger partial charge in [-0.2, -0.15) is 12.1 Å². The van der Waals surface area contributed by atoms with Crippen molar-refractivity contribution in [2.24, 2.45) is 0 Å². The molecule has 1 atom stereocenters. The van der Waals surface area contributed by atoms with Crippen LogP contribution in [0, 0.1) is 5.38 Å². The zero-order valence-corrected chi connectivity index (χ0v) is 14.5. The Kier molecular flexibility index (Phi) is 8.55. The van der Waals surface area contributed by atoms with E-state index < -0.39 is 0 Å². The molecule has 1 unspecified atom stereocenters. The Morgan fingerprint density at radius 2 is 2.47 bits per heavy atom. The molecule has 0 bridgehead atoms. The normalized spacial score (nSPS) is 18.4. The minimum absolute atomic E-state index is 0. The predicted octanol–water partition coefficient (Wildman–Crippen LogP) is 1.26. The number of nitrogens with zero attached hydrogens (tertiary/aromatic N) is 1. The van der Waals surface area contributed by atoms with Crippen molar-refractivity contribution in [1.29, 1.82) is 0 Å². The van der Waals surface area contributed by atoms with Crippen LogP contribution in [0.25, 0.3) is 0 Å². The summed E-state index contributed by atoms with van der Waals surface area (Å²) in [5, 5.41) is 3.03. The molecule has 1 aliphatic heterocycles. The van der Waals surface area contributed by atoms with Crippen molar-refractivity contribution in [3.8, 4) is 0 Å². The van der Waals surface area contributed by atoms with Crippen LogP contribution < -0.4 is 0 Å². The fourth-order valence-corrected chi connectivity index (χ4v) is 2.70. The fourth-order valence-electron chi connectivity index (χ4n) is 2.13. The van der Waals surface area contributed by atoms with Crippen LogP contribution in [0.3, 0.4) is 0 Å². The average molecular weight is 348 g/mol. The SMILES string of the molecule is [B][B]CCN1C(=O)CCC1COCc1cc[c-]s1.[Y]. The third kappa shape index (κ3) is 5.33. The van der Waals surface area contributed by atoms with Gasteiger partial charge in [-0.1, -0.05) is 6.32 Å². The summed E-state index contributed by atoms with van der Waals surface area (Å²) >= 11 is 1.57. The molecule has 2 heterocycles. The molecule has 0 spiro atoms. The van der Waals surface area contributed by atoms with Gasteiger partial charge in [0.25, 0.3) is 0 Å². The van der Waals surface area contributed by atoms with E-state index in [0.29, 0.717) is 26.2 Å². The molecule has 1 aromatic heterocycles. The first-order valence-electron chi connectivity index (χ1n) is 6.16. The van der Waals surface area contributed by atoms with Gasteiger partial charge in [0.05, 0.1) is 19.8 Å². The van der Waals surface area contributed by atoms with Crippen LogP contribution in [0.15, 0.2) is 12.1 Å². The summed E-state index contributed by atoms with van der Waals surface area (Å²) in [6.07, 6.45) is 2.26. The molecule has 0 aliphatic carbocycles. The molecule has 96 valence electrons. The number of likely N-dealkylation sites (tertiary alicyclic amines) is 1. The molecule has 1 amide bonds. The smallest absolute Gasteiger partial charge is 0.222 e. The third-order valence-corrected chi connectivity index (χ3v) is 3.84. The van der Waals surface area contributed by atoms with Gasteiger partial charge in [0, 0.05) is 60.0 Å². The summed E-state index contributed by atoms with van der Waals surface area (Å²) in [4.78, 5) is 14.8. The number of rotatable bonds is 7. The van der Waals surface area contributed by atoms with Crippen molar-refractivity contribution in [3.05, 3.63) is 22.4 Å². The van der Waals surface area contributed by atoms with E-state index >= 15 is 0 Å². The summed E-state index contributed by atoms with van der Waals surface area (Å²) in [6, 6.07) is 4.11. The minimum atomic E-state index is 0. The molecular formula is C12H15B2NO2SY-. The van der Waals surface area contributed by atoms with Crippen molar-refractivity contribution < 1.29 is 42.2 Å². The quantitative estimate of drug-likeness (QED) is 0.549. The van der Waals surface area contributed by atoms with Crippen molar-refractivity contribution >= 4 is 32.2 Å². The van der Waals surface area contributed by atoms with Crippen LogP contribution in [0.1, 0.15) is 17.7 Å². The van der Waals surface area contributed by atoms with Crippen molar-refractivity contribution in [1.82, 2.24) is 4.90 Å². The summed E-state index contributed by atoms with van der Waals surface area (Å²) in [7, 11) is 6.97. The van der Waals surface area contributed by atoms with E-state index in [1.54, 1.807) is 18.5 Å². The van der Waals surface area contributed by atoms with Gasteiger partial charge < -0.3 is 9.64 Å². The molecular weight excluding hydrogens is 333 g/mol. The monoisotopic (exact) mass is 348 g/mol. The molecule has 1 saturated heterocycles. The van der Waals surface area contributed by atoms with Crippen LogP contribution in [0.2, 0.25) is 6.32 Å². The number of thiophene rings is 1. The first kappa shape index (κ1) is 17.4. The molecule has 1 aromatic rings. The summed E-state index contributed by atoms with van der Waals surface area (Å²) < 4.78 is 5.68. The maximum atomic E-state index is 11.7. The van der Waals surface area contributed by atoms with Crippen LogP contribution in [-0.4, -0.2) is 44.9 Å². The Morgan fingerprint density at radius 3 is 3.16 bits per heavy atom. The second kappa shape index (κ2) is 9.33. The third-order valence-electron chi connectivity index (χ3n) is 3.07. The van der Waals surface area contributed by atoms with Gasteiger partial charge in [0.1, 0.15) is 0 Å². The molecule has 19 heavy (non-hydrogen) atoms. The van der Waals surface area contributed by atoms with Gasteiger partial charge >= 0.3 is 0 Å². The van der Waals surface area contributed by atoms with Gasteiger partial charge in [-0.3, -0.25) is 16.1 Å². The van der Waals surface area contributed by atoms with Crippen molar-refractivity contribution in [2.75, 3.05) is 13.2 Å². The van der Waals surface area contributed by atoms with Gasteiger partial charge in [0.15, 0.2) is 0 Å². The minimum Gasteiger partial charge on any atom is -0.387 e. The standard InChI is InChI=1S/C12H15B2NO2S.Y/c13-14-5-6-15-10(3-4-12(15)16)8-17-9-11-2-1-7-18-11;/h1-2,10H,3-6,8-9H2;/q-1;. The van der Waals surface area contributed by atoms with E-state index in [-0.39, 0.29) is 44.7 Å². The summed E-state index contributed by atoms with van der Waals surface area (Å²) in [5.74, 6) is 0.218. The Hall–Kier alpha value is 0.364. The van der Waals surface area contributed by atoms with Crippen LogP contribution in [-0.2, 0) is 48.8 Å². The Bertz CT molecular complexity index is 378. The van der Waals surface area contributed by atoms with E-state index in [4.69, 9.17) is 12.5 Å². The second-order valence-electron chi connectivity index (χ2n) is 4.34. The molecule has 4 radical (unpaired) electrons. The number of ether oxygens (including phenoxy) is 1. The van der Waals surface area contributed by atoms with Crippen molar-refractivity contribution in [2.45, 2.75) is 31.8 Å². The molecule has 0 saturated carbocycles. The summed E-state index contributed by atoms with van der Waals surface area (Å²) in [5.41, 5.74) is 0. The molecule has 0 aromatic carbocycles. The largest absolute Gasteiger partial charge is 0.387 e. The van der Waals surface area contributed by atoms with Crippen LogP contribution in [0.4, 0.5) is 0 Å².